The number of thiophene rings is 1. The van der Waals surface area contributed by atoms with E-state index in [1.54, 1.807) is 0 Å². The summed E-state index contributed by atoms with van der Waals surface area (Å²) < 4.78 is 6.13. The Labute approximate surface area is 127 Å². The molecule has 1 N–H and O–H groups in total. The molecule has 0 spiro atoms. The fraction of sp³-hybridized carbons (Fsp3) is 0.765. The first-order valence-corrected chi connectivity index (χ1v) is 9.03. The van der Waals surface area contributed by atoms with Gasteiger partial charge in [0.05, 0.1) is 12.7 Å². The highest BCUT2D eigenvalue weighted by molar-refractivity contribution is 7.11. The molecule has 1 fully saturated rings. The Morgan fingerprint density at radius 3 is 2.90 bits per heavy atom. The Morgan fingerprint density at radius 2 is 2.10 bits per heavy atom. The molecule has 0 radical (unpaired) electrons. The first kappa shape index (κ1) is 16.0. The van der Waals surface area contributed by atoms with Crippen LogP contribution in [0.2, 0.25) is 0 Å². The van der Waals surface area contributed by atoms with E-state index in [9.17, 15) is 0 Å². The molecule has 1 aromatic heterocycles. The van der Waals surface area contributed by atoms with Crippen molar-refractivity contribution in [3.8, 4) is 0 Å². The van der Waals surface area contributed by atoms with Gasteiger partial charge >= 0.3 is 0 Å². The average molecular weight is 295 g/mol. The van der Waals surface area contributed by atoms with E-state index in [-0.39, 0.29) is 0 Å². The number of rotatable bonds is 8. The van der Waals surface area contributed by atoms with Gasteiger partial charge in [-0.25, -0.2) is 0 Å². The summed E-state index contributed by atoms with van der Waals surface area (Å²) >= 11 is 1.89. The highest BCUT2D eigenvalue weighted by Gasteiger charge is 2.21. The van der Waals surface area contributed by atoms with Crippen LogP contribution in [0.5, 0.6) is 0 Å². The molecule has 1 heterocycles. The molecule has 0 saturated heterocycles. The molecular weight excluding hydrogens is 266 g/mol. The van der Waals surface area contributed by atoms with Crippen molar-refractivity contribution in [3.05, 3.63) is 21.9 Å². The minimum Gasteiger partial charge on any atom is -0.373 e. The summed E-state index contributed by atoms with van der Waals surface area (Å²) in [4.78, 5) is 2.80. The van der Waals surface area contributed by atoms with Crippen molar-refractivity contribution in [1.82, 2.24) is 5.32 Å². The molecule has 1 aliphatic carbocycles. The summed E-state index contributed by atoms with van der Waals surface area (Å²) in [6.07, 6.45) is 8.29. The van der Waals surface area contributed by atoms with Crippen LogP contribution in [0.15, 0.2) is 12.1 Å². The van der Waals surface area contributed by atoms with Gasteiger partial charge in [0, 0.05) is 16.3 Å². The van der Waals surface area contributed by atoms with Crippen molar-refractivity contribution in [2.75, 3.05) is 6.54 Å². The van der Waals surface area contributed by atoms with Crippen molar-refractivity contribution in [1.29, 1.82) is 0 Å². The second kappa shape index (κ2) is 8.81. The van der Waals surface area contributed by atoms with Gasteiger partial charge in [-0.15, -0.1) is 11.3 Å². The highest BCUT2D eigenvalue weighted by Crippen LogP contribution is 2.29. The van der Waals surface area contributed by atoms with E-state index < -0.39 is 0 Å². The Morgan fingerprint density at radius 1 is 1.25 bits per heavy atom. The smallest absolute Gasteiger partial charge is 0.0813 e. The van der Waals surface area contributed by atoms with Crippen LogP contribution >= 0.6 is 11.3 Å². The van der Waals surface area contributed by atoms with E-state index in [1.807, 2.05) is 11.3 Å². The molecule has 2 unspecified atom stereocenters. The predicted octanol–water partition coefficient (Wildman–Crippen LogP) is 4.73. The number of hydrogen-bond donors (Lipinski definition) is 1. The van der Waals surface area contributed by atoms with Crippen molar-refractivity contribution in [2.24, 2.45) is 5.92 Å². The molecule has 2 rings (SSSR count). The molecule has 0 bridgehead atoms. The summed E-state index contributed by atoms with van der Waals surface area (Å²) in [5, 5.41) is 3.45. The molecule has 2 atom stereocenters. The van der Waals surface area contributed by atoms with E-state index in [1.165, 1.54) is 48.3 Å². The maximum absolute atomic E-state index is 6.13. The first-order valence-electron chi connectivity index (χ1n) is 8.21. The van der Waals surface area contributed by atoms with Crippen molar-refractivity contribution in [2.45, 2.75) is 71.6 Å². The van der Waals surface area contributed by atoms with Crippen LogP contribution in [-0.2, 0) is 17.9 Å². The zero-order valence-electron chi connectivity index (χ0n) is 13.0. The number of hydrogen-bond acceptors (Lipinski definition) is 3. The maximum Gasteiger partial charge on any atom is 0.0813 e. The van der Waals surface area contributed by atoms with Gasteiger partial charge in [-0.1, -0.05) is 33.1 Å². The minimum absolute atomic E-state index is 0.498. The van der Waals surface area contributed by atoms with Gasteiger partial charge in [0.25, 0.3) is 0 Å². The molecule has 1 saturated carbocycles. The second-order valence-corrected chi connectivity index (χ2v) is 7.17. The van der Waals surface area contributed by atoms with Gasteiger partial charge in [-0.05, 0) is 43.9 Å². The third kappa shape index (κ3) is 5.19. The van der Waals surface area contributed by atoms with E-state index in [0.29, 0.717) is 6.10 Å². The lowest BCUT2D eigenvalue weighted by atomic mass is 9.85. The standard InChI is InChI=1S/C17H29NOS/c1-3-10-18-12-16-8-9-17(20-16)13-19-15-7-5-6-14(4-2)11-15/h8-9,14-15,18H,3-7,10-13H2,1-2H3. The van der Waals surface area contributed by atoms with E-state index >= 15 is 0 Å². The molecule has 0 aliphatic heterocycles. The lowest BCUT2D eigenvalue weighted by Gasteiger charge is -2.28. The van der Waals surface area contributed by atoms with Gasteiger partial charge in [0.2, 0.25) is 0 Å². The van der Waals surface area contributed by atoms with Gasteiger partial charge in [0.15, 0.2) is 0 Å². The molecule has 1 aliphatic rings. The van der Waals surface area contributed by atoms with Gasteiger partial charge < -0.3 is 10.1 Å². The molecule has 3 heteroatoms. The average Bonchev–Trinajstić information content (AvgIpc) is 2.94. The van der Waals surface area contributed by atoms with Crippen molar-refractivity contribution >= 4 is 11.3 Å². The quantitative estimate of drug-likeness (QED) is 0.700. The molecule has 114 valence electrons. The summed E-state index contributed by atoms with van der Waals surface area (Å²) in [5.74, 6) is 0.894. The summed E-state index contributed by atoms with van der Waals surface area (Å²) in [7, 11) is 0. The fourth-order valence-corrected chi connectivity index (χ4v) is 3.86. The zero-order valence-corrected chi connectivity index (χ0v) is 13.8. The SMILES string of the molecule is CCCNCc1ccc(COC2CCCC(CC)C2)s1. The third-order valence-corrected chi connectivity index (χ3v) is 5.28. The summed E-state index contributed by atoms with van der Waals surface area (Å²) in [5.41, 5.74) is 0. The van der Waals surface area contributed by atoms with E-state index in [0.717, 1.165) is 25.6 Å². The van der Waals surface area contributed by atoms with Crippen LogP contribution < -0.4 is 5.32 Å². The molecule has 20 heavy (non-hydrogen) atoms. The van der Waals surface area contributed by atoms with Crippen molar-refractivity contribution in [3.63, 3.8) is 0 Å². The number of ether oxygens (including phenoxy) is 1. The van der Waals surface area contributed by atoms with Crippen LogP contribution in [0.3, 0.4) is 0 Å². The first-order chi connectivity index (χ1) is 9.81. The topological polar surface area (TPSA) is 21.3 Å². The van der Waals surface area contributed by atoms with Crippen LogP contribution in [0.1, 0.15) is 62.1 Å². The Kier molecular flexibility index (Phi) is 7.05. The fourth-order valence-electron chi connectivity index (χ4n) is 2.95. The van der Waals surface area contributed by atoms with Crippen LogP contribution in [0.4, 0.5) is 0 Å². The van der Waals surface area contributed by atoms with Gasteiger partial charge in [-0.3, -0.25) is 0 Å². The van der Waals surface area contributed by atoms with Crippen molar-refractivity contribution < 1.29 is 4.74 Å². The Hall–Kier alpha value is -0.380. The Bertz CT molecular complexity index is 377. The molecule has 0 amide bonds. The normalized spacial score (nSPS) is 23.1. The van der Waals surface area contributed by atoms with Crippen LogP contribution in [0.25, 0.3) is 0 Å². The molecule has 0 aromatic carbocycles. The van der Waals surface area contributed by atoms with Gasteiger partial charge in [-0.2, -0.15) is 0 Å². The molecule has 1 aromatic rings. The van der Waals surface area contributed by atoms with E-state index in [2.05, 4.69) is 31.3 Å². The third-order valence-electron chi connectivity index (χ3n) is 4.22. The monoisotopic (exact) mass is 295 g/mol. The highest BCUT2D eigenvalue weighted by atomic mass is 32.1. The van der Waals surface area contributed by atoms with Crippen LogP contribution in [0, 0.1) is 5.92 Å². The lowest BCUT2D eigenvalue weighted by molar-refractivity contribution is 0.00298. The summed E-state index contributed by atoms with van der Waals surface area (Å²) in [6.45, 7) is 7.42. The predicted molar refractivity (Wildman–Crippen MR) is 87.1 cm³/mol. The minimum atomic E-state index is 0.498. The maximum atomic E-state index is 6.13. The summed E-state index contributed by atoms with van der Waals surface area (Å²) in [6, 6.07) is 4.47. The zero-order chi connectivity index (χ0) is 14.2. The Balaban J connectivity index is 1.70. The largest absolute Gasteiger partial charge is 0.373 e. The second-order valence-electron chi connectivity index (χ2n) is 5.92. The van der Waals surface area contributed by atoms with E-state index in [4.69, 9.17) is 4.74 Å². The molecular formula is C17H29NOS. The molecule has 2 nitrogen and oxygen atoms in total. The van der Waals surface area contributed by atoms with Gasteiger partial charge in [0.1, 0.15) is 0 Å². The number of nitrogens with one attached hydrogen (secondary N) is 1. The lowest BCUT2D eigenvalue weighted by Crippen LogP contribution is -2.22. The van der Waals surface area contributed by atoms with Crippen LogP contribution in [-0.4, -0.2) is 12.6 Å².